The fourth-order valence-electron chi connectivity index (χ4n) is 0.898. The van der Waals surface area contributed by atoms with Crippen LogP contribution >= 0.6 is 0 Å². The SMILES string of the molecule is Oc1cccn1-c1ncncn1. The van der Waals surface area contributed by atoms with E-state index in [4.69, 9.17) is 0 Å². The summed E-state index contributed by atoms with van der Waals surface area (Å²) in [7, 11) is 0. The highest BCUT2D eigenvalue weighted by Gasteiger charge is 2.01. The summed E-state index contributed by atoms with van der Waals surface area (Å²) in [6.45, 7) is 0. The topological polar surface area (TPSA) is 63.8 Å². The predicted octanol–water partition coefficient (Wildman–Crippen LogP) is 0.368. The number of hydrogen-bond donors (Lipinski definition) is 1. The van der Waals surface area contributed by atoms with Gasteiger partial charge >= 0.3 is 0 Å². The quantitative estimate of drug-likeness (QED) is 0.657. The Labute approximate surface area is 68.4 Å². The van der Waals surface area contributed by atoms with Gasteiger partial charge in [-0.3, -0.25) is 4.57 Å². The molecule has 0 atom stereocenters. The summed E-state index contributed by atoms with van der Waals surface area (Å²) in [5.41, 5.74) is 0. The van der Waals surface area contributed by atoms with E-state index in [1.807, 2.05) is 0 Å². The summed E-state index contributed by atoms with van der Waals surface area (Å²) in [6.07, 6.45) is 4.42. The van der Waals surface area contributed by atoms with Crippen LogP contribution in [0.1, 0.15) is 0 Å². The summed E-state index contributed by atoms with van der Waals surface area (Å²) in [4.78, 5) is 11.4. The van der Waals surface area contributed by atoms with Gasteiger partial charge in [-0.15, -0.1) is 0 Å². The minimum absolute atomic E-state index is 0.112. The van der Waals surface area contributed by atoms with Gasteiger partial charge in [0, 0.05) is 12.3 Å². The van der Waals surface area contributed by atoms with E-state index in [-0.39, 0.29) is 5.88 Å². The molecule has 1 N–H and O–H groups in total. The second kappa shape index (κ2) is 2.61. The second-order valence-electron chi connectivity index (χ2n) is 2.17. The number of hydrogen-bond acceptors (Lipinski definition) is 4. The molecule has 0 unspecified atom stereocenters. The molecule has 12 heavy (non-hydrogen) atoms. The molecule has 0 radical (unpaired) electrons. The zero-order valence-corrected chi connectivity index (χ0v) is 6.12. The van der Waals surface area contributed by atoms with Gasteiger partial charge in [-0.25, -0.2) is 15.0 Å². The maximum absolute atomic E-state index is 9.27. The largest absolute Gasteiger partial charge is 0.494 e. The van der Waals surface area contributed by atoms with E-state index >= 15 is 0 Å². The number of aromatic hydroxyl groups is 1. The van der Waals surface area contributed by atoms with E-state index < -0.39 is 0 Å². The van der Waals surface area contributed by atoms with Crippen molar-refractivity contribution in [2.75, 3.05) is 0 Å². The van der Waals surface area contributed by atoms with E-state index in [1.165, 1.54) is 17.2 Å². The molecule has 60 valence electrons. The molecular weight excluding hydrogens is 156 g/mol. The molecule has 2 heterocycles. The highest BCUT2D eigenvalue weighted by atomic mass is 16.3. The van der Waals surface area contributed by atoms with Crippen molar-refractivity contribution in [1.29, 1.82) is 0 Å². The maximum Gasteiger partial charge on any atom is 0.239 e. The molecule has 0 aromatic carbocycles. The van der Waals surface area contributed by atoms with Gasteiger partial charge in [0.25, 0.3) is 0 Å². The molecule has 2 aromatic rings. The molecule has 0 amide bonds. The van der Waals surface area contributed by atoms with E-state index in [0.29, 0.717) is 5.95 Å². The number of rotatable bonds is 1. The first kappa shape index (κ1) is 6.78. The van der Waals surface area contributed by atoms with Gasteiger partial charge in [0.1, 0.15) is 12.7 Å². The van der Waals surface area contributed by atoms with Crippen molar-refractivity contribution in [3.63, 3.8) is 0 Å². The molecule has 0 aliphatic heterocycles. The average molecular weight is 162 g/mol. The second-order valence-corrected chi connectivity index (χ2v) is 2.17. The maximum atomic E-state index is 9.27. The minimum Gasteiger partial charge on any atom is -0.494 e. The van der Waals surface area contributed by atoms with Crippen LogP contribution < -0.4 is 0 Å². The van der Waals surface area contributed by atoms with Crippen LogP contribution in [0.3, 0.4) is 0 Å². The van der Waals surface area contributed by atoms with Gasteiger partial charge in [0.05, 0.1) is 0 Å². The third-order valence-corrected chi connectivity index (χ3v) is 1.42. The minimum atomic E-state index is 0.112. The van der Waals surface area contributed by atoms with Crippen molar-refractivity contribution in [2.24, 2.45) is 0 Å². The normalized spacial score (nSPS) is 10.0. The van der Waals surface area contributed by atoms with Crippen LogP contribution in [0, 0.1) is 0 Å². The molecule has 2 rings (SSSR count). The summed E-state index contributed by atoms with van der Waals surface area (Å²) >= 11 is 0. The molecule has 0 aliphatic carbocycles. The van der Waals surface area contributed by atoms with E-state index in [2.05, 4.69) is 15.0 Å². The van der Waals surface area contributed by atoms with E-state index in [0.717, 1.165) is 0 Å². The lowest BCUT2D eigenvalue weighted by Gasteiger charge is -1.99. The Morgan fingerprint density at radius 2 is 2.00 bits per heavy atom. The molecule has 0 saturated heterocycles. The molecule has 0 aliphatic rings. The lowest BCUT2D eigenvalue weighted by molar-refractivity contribution is 0.440. The van der Waals surface area contributed by atoms with Crippen molar-refractivity contribution in [1.82, 2.24) is 19.5 Å². The third-order valence-electron chi connectivity index (χ3n) is 1.42. The first-order valence-corrected chi connectivity index (χ1v) is 3.36. The van der Waals surface area contributed by atoms with Crippen molar-refractivity contribution in [2.45, 2.75) is 0 Å². The van der Waals surface area contributed by atoms with Crippen LogP contribution in [0.15, 0.2) is 31.0 Å². The Bertz CT molecular complexity index is 370. The molecule has 5 heteroatoms. The highest BCUT2D eigenvalue weighted by molar-refractivity contribution is 5.22. The van der Waals surface area contributed by atoms with Gasteiger partial charge in [-0.05, 0) is 6.07 Å². The first-order valence-electron chi connectivity index (χ1n) is 3.36. The van der Waals surface area contributed by atoms with Gasteiger partial charge in [-0.2, -0.15) is 0 Å². The zero-order valence-electron chi connectivity index (χ0n) is 6.12. The lowest BCUT2D eigenvalue weighted by atomic mass is 10.7. The van der Waals surface area contributed by atoms with Crippen LogP contribution in [-0.4, -0.2) is 24.6 Å². The Balaban J connectivity index is 2.51. The summed E-state index contributed by atoms with van der Waals surface area (Å²) in [5, 5.41) is 9.27. The van der Waals surface area contributed by atoms with Gasteiger partial charge in [-0.1, -0.05) is 0 Å². The lowest BCUT2D eigenvalue weighted by Crippen LogP contribution is -1.98. The van der Waals surface area contributed by atoms with Crippen molar-refractivity contribution >= 4 is 0 Å². The third kappa shape index (κ3) is 1.01. The molecular formula is C7H6N4O. The van der Waals surface area contributed by atoms with Crippen molar-refractivity contribution in [3.8, 4) is 11.8 Å². The van der Waals surface area contributed by atoms with Crippen LogP contribution in [0.2, 0.25) is 0 Å². The Kier molecular flexibility index (Phi) is 1.48. The van der Waals surface area contributed by atoms with Crippen molar-refractivity contribution in [3.05, 3.63) is 31.0 Å². The number of nitrogens with zero attached hydrogens (tertiary/aromatic N) is 4. The van der Waals surface area contributed by atoms with Crippen LogP contribution in [0.4, 0.5) is 0 Å². The first-order chi connectivity index (χ1) is 5.88. The smallest absolute Gasteiger partial charge is 0.239 e. The predicted molar refractivity (Wildman–Crippen MR) is 40.8 cm³/mol. The Hall–Kier alpha value is -1.91. The Morgan fingerprint density at radius 1 is 1.25 bits per heavy atom. The van der Waals surface area contributed by atoms with Crippen molar-refractivity contribution < 1.29 is 5.11 Å². The molecule has 0 bridgehead atoms. The summed E-state index contributed by atoms with van der Waals surface area (Å²) in [6, 6.07) is 3.27. The molecule has 0 saturated carbocycles. The molecule has 0 spiro atoms. The van der Waals surface area contributed by atoms with Crippen LogP contribution in [-0.2, 0) is 0 Å². The summed E-state index contributed by atoms with van der Waals surface area (Å²) < 4.78 is 1.46. The Morgan fingerprint density at radius 3 is 2.58 bits per heavy atom. The van der Waals surface area contributed by atoms with E-state index in [9.17, 15) is 5.11 Å². The standard InChI is InChI=1S/C7H6N4O/c12-6-2-1-3-11(6)7-9-4-8-5-10-7/h1-5,12H. The van der Waals surface area contributed by atoms with Crippen LogP contribution in [0.25, 0.3) is 5.95 Å². The fraction of sp³-hybridized carbons (Fsp3) is 0. The average Bonchev–Trinajstić information content (AvgIpc) is 2.53. The van der Waals surface area contributed by atoms with Gasteiger partial charge < -0.3 is 5.11 Å². The summed E-state index contributed by atoms with van der Waals surface area (Å²) in [5.74, 6) is 0.522. The van der Waals surface area contributed by atoms with Crippen LogP contribution in [0.5, 0.6) is 5.88 Å². The molecule has 0 fully saturated rings. The fourth-order valence-corrected chi connectivity index (χ4v) is 0.898. The van der Waals surface area contributed by atoms with Gasteiger partial charge in [0.2, 0.25) is 5.95 Å². The highest BCUT2D eigenvalue weighted by Crippen LogP contribution is 2.12. The zero-order chi connectivity index (χ0) is 8.39. The van der Waals surface area contributed by atoms with E-state index in [1.54, 1.807) is 18.3 Å². The molecule has 2 aromatic heterocycles. The monoisotopic (exact) mass is 162 g/mol. The van der Waals surface area contributed by atoms with Gasteiger partial charge in [0.15, 0.2) is 5.88 Å². The number of aromatic nitrogens is 4. The molecule has 5 nitrogen and oxygen atoms in total.